The number of likely N-dealkylation sites (tertiary alicyclic amines) is 1. The molecule has 1 spiro atoms. The van der Waals surface area contributed by atoms with E-state index < -0.39 is 41.0 Å². The first-order valence-electron chi connectivity index (χ1n) is 13.4. The van der Waals surface area contributed by atoms with Crippen molar-refractivity contribution in [3.05, 3.63) is 60.2 Å². The molecule has 2 aromatic carbocycles. The Hall–Kier alpha value is -3.83. The molecule has 3 aromatic rings. The van der Waals surface area contributed by atoms with E-state index >= 15 is 0 Å². The number of carbonyl (C=O) groups is 3. The van der Waals surface area contributed by atoms with Crippen LogP contribution in [0.5, 0.6) is 0 Å². The number of nitrogens with zero attached hydrogens (tertiary/aromatic N) is 4. The van der Waals surface area contributed by atoms with Crippen molar-refractivity contribution in [3.8, 4) is 0 Å². The van der Waals surface area contributed by atoms with Gasteiger partial charge in [0.05, 0.1) is 35.6 Å². The molecule has 3 saturated heterocycles. The number of hydrogen-bond acceptors (Lipinski definition) is 7. The van der Waals surface area contributed by atoms with Crippen molar-refractivity contribution >= 4 is 28.8 Å². The van der Waals surface area contributed by atoms with Gasteiger partial charge in [0.25, 0.3) is 0 Å². The number of benzene rings is 2. The summed E-state index contributed by atoms with van der Waals surface area (Å²) >= 11 is 0. The predicted molar refractivity (Wildman–Crippen MR) is 140 cm³/mol. The predicted octanol–water partition coefficient (Wildman–Crippen LogP) is 1.14. The number of nitrogens with one attached hydrogen (secondary N) is 2. The second-order valence-corrected chi connectivity index (χ2v) is 10.6. The smallest absolute Gasteiger partial charge is 0.247 e. The number of para-hydroxylation sites is 1. The summed E-state index contributed by atoms with van der Waals surface area (Å²) in [7, 11) is 1.55. The van der Waals surface area contributed by atoms with E-state index in [0.29, 0.717) is 30.3 Å². The molecule has 39 heavy (non-hydrogen) atoms. The number of fused-ring (bicyclic) bond motifs is 2. The summed E-state index contributed by atoms with van der Waals surface area (Å²) in [5.74, 6) is -2.63. The maximum Gasteiger partial charge on any atom is 0.247 e. The lowest BCUT2D eigenvalue weighted by Crippen LogP contribution is -2.56. The number of aliphatic hydroxyl groups is 1. The first kappa shape index (κ1) is 25.4. The van der Waals surface area contributed by atoms with E-state index in [1.54, 1.807) is 11.7 Å². The van der Waals surface area contributed by atoms with Crippen molar-refractivity contribution in [2.45, 2.75) is 56.1 Å². The zero-order chi connectivity index (χ0) is 27.4. The van der Waals surface area contributed by atoms with E-state index in [2.05, 4.69) is 20.9 Å². The lowest BCUT2D eigenvalue weighted by Gasteiger charge is -2.37. The second kappa shape index (κ2) is 9.42. The van der Waals surface area contributed by atoms with Crippen molar-refractivity contribution in [1.82, 2.24) is 30.5 Å². The zero-order valence-corrected chi connectivity index (χ0v) is 21.9. The normalized spacial score (nSPS) is 30.0. The van der Waals surface area contributed by atoms with Crippen LogP contribution in [0.25, 0.3) is 11.0 Å². The fourth-order valence-electron chi connectivity index (χ4n) is 7.16. The van der Waals surface area contributed by atoms with Crippen LogP contribution >= 0.6 is 0 Å². The Morgan fingerprint density at radius 3 is 2.59 bits per heavy atom. The third-order valence-corrected chi connectivity index (χ3v) is 8.91. The molecule has 0 saturated carbocycles. The van der Waals surface area contributed by atoms with Crippen molar-refractivity contribution < 1.29 is 24.2 Å². The molecule has 0 aliphatic carbocycles. The molecule has 3 amide bonds. The van der Waals surface area contributed by atoms with Gasteiger partial charge in [-0.3, -0.25) is 14.4 Å². The van der Waals surface area contributed by atoms with Crippen molar-refractivity contribution in [2.75, 3.05) is 13.7 Å². The molecule has 11 nitrogen and oxygen atoms in total. The van der Waals surface area contributed by atoms with E-state index in [1.165, 1.54) is 4.90 Å². The Bertz CT molecular complexity index is 1430. The summed E-state index contributed by atoms with van der Waals surface area (Å²) in [5.41, 5.74) is 0.133. The molecule has 3 aliphatic heterocycles. The fourth-order valence-corrected chi connectivity index (χ4v) is 7.16. The maximum absolute atomic E-state index is 14.3. The first-order valence-corrected chi connectivity index (χ1v) is 13.4. The van der Waals surface area contributed by atoms with Gasteiger partial charge in [0, 0.05) is 7.05 Å². The van der Waals surface area contributed by atoms with Gasteiger partial charge in [-0.25, -0.2) is 4.68 Å². The second-order valence-electron chi connectivity index (χ2n) is 10.6. The number of aliphatic hydroxyl groups excluding tert-OH is 1. The summed E-state index contributed by atoms with van der Waals surface area (Å²) in [6, 6.07) is 14.7. The van der Waals surface area contributed by atoms with E-state index in [0.717, 1.165) is 5.52 Å². The molecular weight excluding hydrogens is 500 g/mol. The standard InChI is InChI=1S/C28H32N6O5/c1-3-27-13-14-28(39-27)22(21(27)24(36)29-2)26(38)34(20(15-35)17-9-5-4-6-10-17)23(28)25(37)30-16-33-19-12-8-7-11-18(19)31-32-33/h4-12,20-23,35H,3,13-16H2,1-2H3,(H,29,36)(H,30,37)/t20-,21+,22+,23?,27-,28?/m1/s1. The van der Waals surface area contributed by atoms with Crippen LogP contribution in [0.1, 0.15) is 37.8 Å². The number of amides is 3. The Morgan fingerprint density at radius 2 is 1.87 bits per heavy atom. The first-order chi connectivity index (χ1) is 18.9. The molecule has 3 fully saturated rings. The number of ether oxygens (including phenoxy) is 1. The largest absolute Gasteiger partial charge is 0.394 e. The number of rotatable bonds is 8. The van der Waals surface area contributed by atoms with Crippen LogP contribution in [0, 0.1) is 11.8 Å². The lowest BCUT2D eigenvalue weighted by molar-refractivity contribution is -0.151. The lowest BCUT2D eigenvalue weighted by atomic mass is 9.65. The van der Waals surface area contributed by atoms with Gasteiger partial charge in [0.15, 0.2) is 0 Å². The van der Waals surface area contributed by atoms with Crippen LogP contribution in [-0.4, -0.2) is 73.6 Å². The zero-order valence-electron chi connectivity index (χ0n) is 21.9. The molecule has 2 unspecified atom stereocenters. The van der Waals surface area contributed by atoms with Crippen molar-refractivity contribution in [1.29, 1.82) is 0 Å². The molecule has 3 N–H and O–H groups in total. The minimum absolute atomic E-state index is 0.0333. The molecule has 1 aromatic heterocycles. The highest BCUT2D eigenvalue weighted by atomic mass is 16.5. The highest BCUT2D eigenvalue weighted by Gasteiger charge is 2.79. The quantitative estimate of drug-likeness (QED) is 0.395. The van der Waals surface area contributed by atoms with Gasteiger partial charge >= 0.3 is 0 Å². The van der Waals surface area contributed by atoms with Gasteiger partial charge in [-0.05, 0) is 37.0 Å². The van der Waals surface area contributed by atoms with E-state index in [9.17, 15) is 19.5 Å². The average Bonchev–Trinajstić information content (AvgIpc) is 3.70. The van der Waals surface area contributed by atoms with Gasteiger partial charge in [0.1, 0.15) is 23.8 Å². The summed E-state index contributed by atoms with van der Waals surface area (Å²) in [5, 5.41) is 24.5. The van der Waals surface area contributed by atoms with Gasteiger partial charge in [0.2, 0.25) is 17.7 Å². The Kier molecular flexibility index (Phi) is 6.15. The van der Waals surface area contributed by atoms with Crippen LogP contribution in [0.15, 0.2) is 54.6 Å². The molecule has 3 aliphatic rings. The van der Waals surface area contributed by atoms with Crippen LogP contribution in [0.4, 0.5) is 0 Å². The van der Waals surface area contributed by atoms with Crippen LogP contribution in [0.2, 0.25) is 0 Å². The summed E-state index contributed by atoms with van der Waals surface area (Å²) < 4.78 is 8.31. The van der Waals surface area contributed by atoms with Crippen molar-refractivity contribution in [2.24, 2.45) is 11.8 Å². The molecule has 11 heteroatoms. The number of aromatic nitrogens is 3. The van der Waals surface area contributed by atoms with Gasteiger partial charge < -0.3 is 25.4 Å². The van der Waals surface area contributed by atoms with E-state index in [1.807, 2.05) is 61.5 Å². The van der Waals surface area contributed by atoms with E-state index in [4.69, 9.17) is 4.74 Å². The average molecular weight is 533 g/mol. The van der Waals surface area contributed by atoms with Crippen LogP contribution < -0.4 is 10.6 Å². The molecule has 6 rings (SSSR count). The summed E-state index contributed by atoms with van der Waals surface area (Å²) in [4.78, 5) is 43.1. The van der Waals surface area contributed by atoms with Gasteiger partial charge in [-0.2, -0.15) is 0 Å². The third kappa shape index (κ3) is 3.60. The SMILES string of the molecule is CC[C@]12CCC3(O1)C(C(=O)NCn1nnc4ccccc41)N([C@H](CO)c1ccccc1)C(=O)[C@@H]3[C@H]2C(=O)NC. The monoisotopic (exact) mass is 532 g/mol. The molecule has 6 atom stereocenters. The van der Waals surface area contributed by atoms with Crippen molar-refractivity contribution in [3.63, 3.8) is 0 Å². The summed E-state index contributed by atoms with van der Waals surface area (Å²) in [6.45, 7) is 1.59. The highest BCUT2D eigenvalue weighted by molar-refractivity contribution is 5.99. The minimum Gasteiger partial charge on any atom is -0.394 e. The Morgan fingerprint density at radius 1 is 1.13 bits per heavy atom. The molecular formula is C28H32N6O5. The number of carbonyl (C=O) groups excluding carboxylic acids is 3. The fraction of sp³-hybridized carbons (Fsp3) is 0.464. The van der Waals surface area contributed by atoms with E-state index in [-0.39, 0.29) is 25.1 Å². The molecule has 204 valence electrons. The van der Waals surface area contributed by atoms with Gasteiger partial charge in [-0.15, -0.1) is 5.10 Å². The third-order valence-electron chi connectivity index (χ3n) is 8.91. The minimum atomic E-state index is -1.19. The van der Waals surface area contributed by atoms with Crippen LogP contribution in [-0.2, 0) is 25.8 Å². The maximum atomic E-state index is 14.3. The Balaban J connectivity index is 1.41. The highest BCUT2D eigenvalue weighted by Crippen LogP contribution is 2.65. The molecule has 0 radical (unpaired) electrons. The number of hydrogen-bond donors (Lipinski definition) is 3. The molecule has 4 heterocycles. The Labute approximate surface area is 225 Å². The topological polar surface area (TPSA) is 139 Å². The molecule has 2 bridgehead atoms. The van der Waals surface area contributed by atoms with Gasteiger partial charge in [-0.1, -0.05) is 54.6 Å². The van der Waals surface area contributed by atoms with Crippen LogP contribution in [0.3, 0.4) is 0 Å². The summed E-state index contributed by atoms with van der Waals surface area (Å²) in [6.07, 6.45) is 1.56.